The third kappa shape index (κ3) is 3.39. The molecule has 0 spiro atoms. The summed E-state index contributed by atoms with van der Waals surface area (Å²) in [6.45, 7) is 2.24. The molecule has 1 aromatic carbocycles. The van der Waals surface area contributed by atoms with Gasteiger partial charge >= 0.3 is 0 Å². The number of methoxy groups -OCH3 is 1. The predicted molar refractivity (Wildman–Crippen MR) is 76.5 cm³/mol. The number of nitrogens with one attached hydrogen (secondary N) is 1. The van der Waals surface area contributed by atoms with Gasteiger partial charge in [0.2, 0.25) is 0 Å². The summed E-state index contributed by atoms with van der Waals surface area (Å²) in [6, 6.07) is 8.21. The molecule has 1 atom stereocenters. The van der Waals surface area contributed by atoms with Gasteiger partial charge in [-0.1, -0.05) is 6.07 Å². The van der Waals surface area contributed by atoms with E-state index in [0.717, 1.165) is 37.4 Å². The van der Waals surface area contributed by atoms with Crippen molar-refractivity contribution in [1.82, 2.24) is 4.90 Å². The number of rotatable bonds is 3. The van der Waals surface area contributed by atoms with Gasteiger partial charge in [-0.25, -0.2) is 0 Å². The van der Waals surface area contributed by atoms with Crippen molar-refractivity contribution in [3.05, 3.63) is 23.8 Å². The Hall–Kier alpha value is -1.73. The molecule has 1 N–H and O–H groups in total. The largest absolute Gasteiger partial charge is 0.495 e. The van der Waals surface area contributed by atoms with Crippen molar-refractivity contribution in [2.75, 3.05) is 32.6 Å². The highest BCUT2D eigenvalue weighted by molar-refractivity contribution is 5.66. The zero-order chi connectivity index (χ0) is 13.7. The molecule has 1 heterocycles. The van der Waals surface area contributed by atoms with Crippen molar-refractivity contribution in [3.63, 3.8) is 0 Å². The topological polar surface area (TPSA) is 48.3 Å². The molecule has 1 fully saturated rings. The summed E-state index contributed by atoms with van der Waals surface area (Å²) in [4.78, 5) is 2.36. The van der Waals surface area contributed by atoms with Crippen LogP contribution < -0.4 is 10.1 Å². The zero-order valence-corrected chi connectivity index (χ0v) is 11.6. The quantitative estimate of drug-likeness (QED) is 0.906. The van der Waals surface area contributed by atoms with Crippen LogP contribution in [0, 0.1) is 11.3 Å². The number of hydrogen-bond acceptors (Lipinski definition) is 4. The average Bonchev–Trinajstić information content (AvgIpc) is 2.64. The minimum atomic E-state index is 0.411. The maximum atomic E-state index is 9.21. The summed E-state index contributed by atoms with van der Waals surface area (Å²) in [7, 11) is 3.80. The first kappa shape index (κ1) is 13.7. The van der Waals surface area contributed by atoms with E-state index in [1.807, 2.05) is 18.2 Å². The van der Waals surface area contributed by atoms with Crippen LogP contribution in [-0.2, 0) is 0 Å². The monoisotopic (exact) mass is 259 g/mol. The van der Waals surface area contributed by atoms with Crippen molar-refractivity contribution in [1.29, 1.82) is 5.26 Å². The van der Waals surface area contributed by atoms with Gasteiger partial charge in [-0.2, -0.15) is 5.26 Å². The molecule has 102 valence electrons. The van der Waals surface area contributed by atoms with Crippen LogP contribution in [0.15, 0.2) is 18.2 Å². The van der Waals surface area contributed by atoms with Crippen LogP contribution in [0.5, 0.6) is 5.75 Å². The van der Waals surface area contributed by atoms with Crippen molar-refractivity contribution in [3.8, 4) is 11.8 Å². The van der Waals surface area contributed by atoms with Crippen molar-refractivity contribution < 1.29 is 4.74 Å². The highest BCUT2D eigenvalue weighted by Crippen LogP contribution is 2.29. The molecule has 2 rings (SSSR count). The van der Waals surface area contributed by atoms with Gasteiger partial charge in [-0.15, -0.1) is 0 Å². The van der Waals surface area contributed by atoms with E-state index in [2.05, 4.69) is 23.3 Å². The third-order valence-electron chi connectivity index (χ3n) is 3.67. The molecule has 1 aromatic rings. The highest BCUT2D eigenvalue weighted by Gasteiger charge is 2.17. The number of ether oxygens (including phenoxy) is 1. The van der Waals surface area contributed by atoms with E-state index in [1.165, 1.54) is 6.42 Å². The van der Waals surface area contributed by atoms with Gasteiger partial charge in [-0.3, -0.25) is 0 Å². The second-order valence-corrected chi connectivity index (χ2v) is 5.07. The second-order valence-electron chi connectivity index (χ2n) is 5.07. The van der Waals surface area contributed by atoms with E-state index < -0.39 is 0 Å². The van der Waals surface area contributed by atoms with Crippen LogP contribution in [-0.4, -0.2) is 38.2 Å². The molecular formula is C15H21N3O. The summed E-state index contributed by atoms with van der Waals surface area (Å²) < 4.78 is 5.36. The molecular weight excluding hydrogens is 238 g/mol. The smallest absolute Gasteiger partial charge is 0.143 e. The van der Waals surface area contributed by atoms with Crippen LogP contribution in [0.25, 0.3) is 0 Å². The normalized spacial score (nSPS) is 20.4. The number of nitrogens with zero attached hydrogens (tertiary/aromatic N) is 2. The lowest BCUT2D eigenvalue weighted by Crippen LogP contribution is -2.23. The highest BCUT2D eigenvalue weighted by atomic mass is 16.5. The molecule has 0 aromatic heterocycles. The number of hydrogen-bond donors (Lipinski definition) is 1. The minimum absolute atomic E-state index is 0.411. The van der Waals surface area contributed by atoms with Gasteiger partial charge < -0.3 is 15.0 Å². The van der Waals surface area contributed by atoms with Crippen molar-refractivity contribution >= 4 is 5.69 Å². The number of likely N-dealkylation sites (tertiary alicyclic amines) is 1. The van der Waals surface area contributed by atoms with Gasteiger partial charge in [0.05, 0.1) is 18.4 Å². The molecule has 19 heavy (non-hydrogen) atoms. The molecule has 1 aliphatic heterocycles. The fraction of sp³-hybridized carbons (Fsp3) is 0.533. The van der Waals surface area contributed by atoms with E-state index >= 15 is 0 Å². The molecule has 1 aliphatic rings. The lowest BCUT2D eigenvalue weighted by molar-refractivity contribution is 0.348. The summed E-state index contributed by atoms with van der Waals surface area (Å²) in [6.07, 6.45) is 3.41. The molecule has 0 bridgehead atoms. The van der Waals surface area contributed by atoms with Gasteiger partial charge in [-0.05, 0) is 51.5 Å². The van der Waals surface area contributed by atoms with E-state index in [4.69, 9.17) is 4.74 Å². The van der Waals surface area contributed by atoms with Crippen LogP contribution in [0.1, 0.15) is 24.8 Å². The molecule has 1 saturated heterocycles. The third-order valence-corrected chi connectivity index (χ3v) is 3.67. The fourth-order valence-corrected chi connectivity index (χ4v) is 2.53. The Bertz CT molecular complexity index is 467. The predicted octanol–water partition coefficient (Wildman–Crippen LogP) is 2.46. The lowest BCUT2D eigenvalue weighted by atomic mass is 10.1. The van der Waals surface area contributed by atoms with E-state index in [0.29, 0.717) is 11.6 Å². The average molecular weight is 259 g/mol. The molecule has 1 unspecified atom stereocenters. The van der Waals surface area contributed by atoms with Crippen LogP contribution in [0.3, 0.4) is 0 Å². The summed E-state index contributed by atoms with van der Waals surface area (Å²) in [5.41, 5.74) is 1.49. The first-order valence-electron chi connectivity index (χ1n) is 6.76. The van der Waals surface area contributed by atoms with Crippen molar-refractivity contribution in [2.45, 2.75) is 25.3 Å². The Morgan fingerprint density at radius 3 is 2.95 bits per heavy atom. The fourth-order valence-electron chi connectivity index (χ4n) is 2.53. The summed E-state index contributed by atoms with van der Waals surface area (Å²) >= 11 is 0. The zero-order valence-electron chi connectivity index (χ0n) is 11.6. The first-order chi connectivity index (χ1) is 9.24. The summed E-state index contributed by atoms with van der Waals surface area (Å²) in [5, 5.41) is 12.7. The van der Waals surface area contributed by atoms with E-state index in [1.54, 1.807) is 7.11 Å². The van der Waals surface area contributed by atoms with Crippen LogP contribution in [0.4, 0.5) is 5.69 Å². The number of anilines is 1. The second kappa shape index (κ2) is 6.44. The van der Waals surface area contributed by atoms with Gasteiger partial charge in [0.1, 0.15) is 11.8 Å². The Kier molecular flexibility index (Phi) is 4.64. The molecule has 0 radical (unpaired) electrons. The number of para-hydroxylation sites is 1. The number of benzene rings is 1. The minimum Gasteiger partial charge on any atom is -0.495 e. The molecule has 0 amide bonds. The standard InChI is InChI=1S/C15H21N3O/c1-18-9-4-6-13(8-10-18)17-15-12(11-16)5-3-7-14(15)19-2/h3,5,7,13,17H,4,6,8-10H2,1-2H3. The Morgan fingerprint density at radius 1 is 1.37 bits per heavy atom. The maximum Gasteiger partial charge on any atom is 0.143 e. The lowest BCUT2D eigenvalue weighted by Gasteiger charge is -2.20. The number of nitriles is 1. The Morgan fingerprint density at radius 2 is 2.21 bits per heavy atom. The molecule has 0 saturated carbocycles. The van der Waals surface area contributed by atoms with Gasteiger partial charge in [0.15, 0.2) is 0 Å². The van der Waals surface area contributed by atoms with E-state index in [-0.39, 0.29) is 0 Å². The van der Waals surface area contributed by atoms with E-state index in [9.17, 15) is 5.26 Å². The van der Waals surface area contributed by atoms with Crippen LogP contribution >= 0.6 is 0 Å². The van der Waals surface area contributed by atoms with Crippen molar-refractivity contribution in [2.24, 2.45) is 0 Å². The Balaban J connectivity index is 2.16. The SMILES string of the molecule is COc1cccc(C#N)c1NC1CCCN(C)CC1. The maximum absolute atomic E-state index is 9.21. The molecule has 4 heteroatoms. The summed E-state index contributed by atoms with van der Waals surface area (Å²) in [5.74, 6) is 0.747. The van der Waals surface area contributed by atoms with Gasteiger partial charge in [0.25, 0.3) is 0 Å². The molecule has 4 nitrogen and oxygen atoms in total. The van der Waals surface area contributed by atoms with Crippen LogP contribution in [0.2, 0.25) is 0 Å². The first-order valence-corrected chi connectivity index (χ1v) is 6.76. The molecule has 0 aliphatic carbocycles. The van der Waals surface area contributed by atoms with Gasteiger partial charge in [0, 0.05) is 6.04 Å². The Labute approximate surface area is 115 Å².